The highest BCUT2D eigenvalue weighted by molar-refractivity contribution is 8.02. The quantitative estimate of drug-likeness (QED) is 0.625. The van der Waals surface area contributed by atoms with Gasteiger partial charge >= 0.3 is 0 Å². The van der Waals surface area contributed by atoms with Crippen LogP contribution in [0.2, 0.25) is 0 Å². The molecule has 0 saturated carbocycles. The van der Waals surface area contributed by atoms with E-state index in [4.69, 9.17) is 0 Å². The fourth-order valence-electron chi connectivity index (χ4n) is 0.735. The summed E-state index contributed by atoms with van der Waals surface area (Å²) in [5.41, 5.74) is 1.09. The predicted octanol–water partition coefficient (Wildman–Crippen LogP) is 3.02. The lowest BCUT2D eigenvalue weighted by Crippen LogP contribution is -1.80. The second-order valence-corrected chi connectivity index (χ2v) is 3.12. The van der Waals surface area contributed by atoms with E-state index in [0.29, 0.717) is 0 Å². The molecule has 2 heteroatoms. The lowest BCUT2D eigenvalue weighted by molar-refractivity contribution is 1.12. The van der Waals surface area contributed by atoms with E-state index in [2.05, 4.69) is 16.5 Å². The van der Waals surface area contributed by atoms with E-state index in [-0.39, 0.29) is 0 Å². The van der Waals surface area contributed by atoms with Crippen molar-refractivity contribution in [3.05, 3.63) is 35.5 Å². The highest BCUT2D eigenvalue weighted by Gasteiger charge is 1.93. The van der Waals surface area contributed by atoms with Crippen molar-refractivity contribution in [2.75, 3.05) is 0 Å². The second kappa shape index (κ2) is 4.19. The molecule has 0 bridgehead atoms. The first-order valence-corrected chi connectivity index (χ1v) is 4.42. The van der Waals surface area contributed by atoms with Gasteiger partial charge in [0, 0.05) is 11.1 Å². The van der Waals surface area contributed by atoms with E-state index in [9.17, 15) is 0 Å². The van der Waals surface area contributed by atoms with Gasteiger partial charge < -0.3 is 0 Å². The fourth-order valence-corrected chi connectivity index (χ4v) is 1.40. The van der Waals surface area contributed by atoms with Crippen molar-refractivity contribution < 1.29 is 0 Å². The van der Waals surface area contributed by atoms with Crippen LogP contribution >= 0.6 is 11.8 Å². The predicted molar refractivity (Wildman–Crippen MR) is 49.6 cm³/mol. The van der Waals surface area contributed by atoms with Gasteiger partial charge in [0.2, 0.25) is 0 Å². The van der Waals surface area contributed by atoms with Gasteiger partial charge in [0.05, 0.1) is 5.69 Å². The Hall–Kier alpha value is -0.760. The molecular weight excluding hydrogens is 154 g/mol. The van der Waals surface area contributed by atoms with E-state index in [1.807, 2.05) is 32.2 Å². The van der Waals surface area contributed by atoms with Crippen molar-refractivity contribution in [2.24, 2.45) is 0 Å². The number of pyridine rings is 1. The molecular formula is C9H11NS. The lowest BCUT2D eigenvalue weighted by Gasteiger charge is -1.98. The van der Waals surface area contributed by atoms with E-state index in [0.717, 1.165) is 5.69 Å². The maximum Gasteiger partial charge on any atom is 0.0511 e. The smallest absolute Gasteiger partial charge is 0.0511 e. The number of hydrogen-bond acceptors (Lipinski definition) is 2. The number of aromatic nitrogens is 1. The van der Waals surface area contributed by atoms with Crippen molar-refractivity contribution in [3.8, 4) is 0 Å². The molecule has 11 heavy (non-hydrogen) atoms. The maximum absolute atomic E-state index is 4.18. The Kier molecular flexibility index (Phi) is 3.17. The number of nitrogens with zero attached hydrogens (tertiary/aromatic N) is 1. The van der Waals surface area contributed by atoms with E-state index < -0.39 is 0 Å². The van der Waals surface area contributed by atoms with Crippen LogP contribution in [0.1, 0.15) is 12.6 Å². The molecule has 0 spiro atoms. The van der Waals surface area contributed by atoms with Crippen LogP contribution in [0.3, 0.4) is 0 Å². The summed E-state index contributed by atoms with van der Waals surface area (Å²) >= 11 is 1.70. The zero-order valence-electron chi connectivity index (χ0n) is 6.74. The number of rotatable bonds is 2. The van der Waals surface area contributed by atoms with Gasteiger partial charge in [0.15, 0.2) is 0 Å². The molecule has 0 radical (unpaired) electrons. The molecule has 0 aliphatic rings. The van der Waals surface area contributed by atoms with Gasteiger partial charge in [-0.1, -0.05) is 17.8 Å². The third-order valence-electron chi connectivity index (χ3n) is 1.29. The van der Waals surface area contributed by atoms with Gasteiger partial charge in [0.25, 0.3) is 0 Å². The summed E-state index contributed by atoms with van der Waals surface area (Å²) in [6, 6.07) is 4.03. The van der Waals surface area contributed by atoms with Gasteiger partial charge in [-0.2, -0.15) is 0 Å². The number of aryl methyl sites for hydroxylation is 1. The van der Waals surface area contributed by atoms with Crippen molar-refractivity contribution in [3.63, 3.8) is 0 Å². The third-order valence-corrected chi connectivity index (χ3v) is 2.38. The highest BCUT2D eigenvalue weighted by atomic mass is 32.2. The van der Waals surface area contributed by atoms with Crippen LogP contribution < -0.4 is 0 Å². The summed E-state index contributed by atoms with van der Waals surface area (Å²) < 4.78 is 0. The fraction of sp³-hybridized carbons (Fsp3) is 0.222. The summed E-state index contributed by atoms with van der Waals surface area (Å²) in [6.45, 7) is 4.03. The first-order valence-electron chi connectivity index (χ1n) is 3.54. The van der Waals surface area contributed by atoms with E-state index in [1.54, 1.807) is 11.8 Å². The molecule has 0 aliphatic heterocycles. The van der Waals surface area contributed by atoms with Crippen LogP contribution in [-0.2, 0) is 0 Å². The minimum Gasteiger partial charge on any atom is -0.260 e. The van der Waals surface area contributed by atoms with Crippen molar-refractivity contribution in [1.82, 2.24) is 4.98 Å². The minimum atomic E-state index is 1.09. The molecule has 0 aliphatic carbocycles. The monoisotopic (exact) mass is 165 g/mol. The van der Waals surface area contributed by atoms with Crippen LogP contribution in [0.5, 0.6) is 0 Å². The lowest BCUT2D eigenvalue weighted by atomic mass is 10.4. The molecule has 0 saturated heterocycles. The molecule has 1 nitrogen and oxygen atoms in total. The van der Waals surface area contributed by atoms with Crippen LogP contribution in [-0.4, -0.2) is 4.98 Å². The molecule has 0 unspecified atom stereocenters. The number of hydrogen-bond donors (Lipinski definition) is 0. The molecule has 1 heterocycles. The number of thioether (sulfide) groups is 1. The van der Waals surface area contributed by atoms with Crippen LogP contribution in [0.25, 0.3) is 0 Å². The van der Waals surface area contributed by atoms with E-state index >= 15 is 0 Å². The van der Waals surface area contributed by atoms with Crippen molar-refractivity contribution in [2.45, 2.75) is 18.7 Å². The summed E-state index contributed by atoms with van der Waals surface area (Å²) in [5.74, 6) is 0. The van der Waals surface area contributed by atoms with Gasteiger partial charge in [-0.15, -0.1) is 0 Å². The largest absolute Gasteiger partial charge is 0.260 e. The Labute approximate surface area is 71.5 Å². The topological polar surface area (TPSA) is 12.9 Å². The summed E-state index contributed by atoms with van der Waals surface area (Å²) in [4.78, 5) is 5.40. The standard InChI is InChI=1S/C9H11NS/c1-3-7-11-9-5-4-6-10-8(9)2/h3-7H,1-2H3. The molecule has 0 fully saturated rings. The summed E-state index contributed by atoms with van der Waals surface area (Å²) in [6.07, 6.45) is 3.84. The Morgan fingerprint density at radius 2 is 2.36 bits per heavy atom. The Balaban J connectivity index is 2.77. The highest BCUT2D eigenvalue weighted by Crippen LogP contribution is 2.20. The van der Waals surface area contributed by atoms with E-state index in [1.165, 1.54) is 4.90 Å². The molecule has 0 N–H and O–H groups in total. The van der Waals surface area contributed by atoms with Gasteiger partial charge in [-0.3, -0.25) is 4.98 Å². The van der Waals surface area contributed by atoms with Crippen molar-refractivity contribution in [1.29, 1.82) is 0 Å². The Morgan fingerprint density at radius 3 is 3.00 bits per heavy atom. The SMILES string of the molecule is CC=CSc1cccnc1C. The normalized spacial score (nSPS) is 10.7. The number of allylic oxidation sites excluding steroid dienone is 1. The Bertz CT molecular complexity index is 255. The molecule has 1 aromatic rings. The molecule has 1 aromatic heterocycles. The van der Waals surface area contributed by atoms with Gasteiger partial charge in [-0.05, 0) is 31.4 Å². The Morgan fingerprint density at radius 1 is 1.55 bits per heavy atom. The average Bonchev–Trinajstić information content (AvgIpc) is 2.03. The van der Waals surface area contributed by atoms with Crippen LogP contribution in [0.4, 0.5) is 0 Å². The molecule has 58 valence electrons. The first-order chi connectivity index (χ1) is 5.34. The first kappa shape index (κ1) is 8.34. The van der Waals surface area contributed by atoms with Crippen molar-refractivity contribution >= 4 is 11.8 Å². The second-order valence-electron chi connectivity index (χ2n) is 2.17. The molecule has 0 amide bonds. The van der Waals surface area contributed by atoms with Gasteiger partial charge in [-0.25, -0.2) is 0 Å². The zero-order chi connectivity index (χ0) is 8.10. The maximum atomic E-state index is 4.18. The molecule has 0 aromatic carbocycles. The third kappa shape index (κ3) is 2.39. The molecule has 0 atom stereocenters. The summed E-state index contributed by atoms with van der Waals surface area (Å²) in [7, 11) is 0. The van der Waals surface area contributed by atoms with Crippen LogP contribution in [0, 0.1) is 6.92 Å². The average molecular weight is 165 g/mol. The summed E-state index contributed by atoms with van der Waals surface area (Å²) in [5, 5.41) is 2.06. The minimum absolute atomic E-state index is 1.09. The zero-order valence-corrected chi connectivity index (χ0v) is 7.56. The van der Waals surface area contributed by atoms with Crippen LogP contribution in [0.15, 0.2) is 34.7 Å². The van der Waals surface area contributed by atoms with Gasteiger partial charge in [0.1, 0.15) is 0 Å². The molecule has 1 rings (SSSR count).